The van der Waals surface area contributed by atoms with E-state index in [2.05, 4.69) is 21.8 Å². The predicted octanol–water partition coefficient (Wildman–Crippen LogP) is 2.14. The Morgan fingerprint density at radius 3 is 3.04 bits per heavy atom. The number of aromatic nitrogens is 3. The summed E-state index contributed by atoms with van der Waals surface area (Å²) in [6.07, 6.45) is 1.68. The van der Waals surface area contributed by atoms with Crippen molar-refractivity contribution in [2.24, 2.45) is 0 Å². The van der Waals surface area contributed by atoms with E-state index in [9.17, 15) is 4.79 Å². The Morgan fingerprint density at radius 1 is 1.44 bits per heavy atom. The van der Waals surface area contributed by atoms with E-state index in [1.807, 2.05) is 31.2 Å². The summed E-state index contributed by atoms with van der Waals surface area (Å²) in [6.45, 7) is 6.03. The van der Waals surface area contributed by atoms with Gasteiger partial charge in [0.1, 0.15) is 5.69 Å². The molecule has 1 amide bonds. The lowest BCUT2D eigenvalue weighted by Gasteiger charge is -2.24. The summed E-state index contributed by atoms with van der Waals surface area (Å²) >= 11 is 0. The van der Waals surface area contributed by atoms with Crippen LogP contribution in [0.5, 0.6) is 0 Å². The molecule has 1 aromatic carbocycles. The molecule has 5 rings (SSSR count). The smallest absolute Gasteiger partial charge is 0.292 e. The zero-order valence-corrected chi connectivity index (χ0v) is 13.5. The highest BCUT2D eigenvalue weighted by atomic mass is 16.4. The maximum atomic E-state index is 13.6. The van der Waals surface area contributed by atoms with Crippen LogP contribution in [-0.2, 0) is 10.2 Å². The normalized spacial score (nSPS) is 20.0. The van der Waals surface area contributed by atoms with Gasteiger partial charge in [-0.3, -0.25) is 14.8 Å². The molecule has 25 heavy (non-hydrogen) atoms. The highest BCUT2D eigenvalue weighted by Gasteiger charge is 2.62. The number of aryl methyl sites for hydroxylation is 1. The second kappa shape index (κ2) is 4.38. The number of anilines is 2. The molecule has 0 radical (unpaired) electrons. The number of fused-ring (bicyclic) bond motifs is 7. The van der Waals surface area contributed by atoms with Crippen LogP contribution in [0.15, 0.2) is 41.3 Å². The van der Waals surface area contributed by atoms with E-state index < -0.39 is 5.41 Å². The summed E-state index contributed by atoms with van der Waals surface area (Å²) in [5.74, 6) is 1.04. The number of benzene rings is 1. The Morgan fingerprint density at radius 2 is 2.24 bits per heavy atom. The zero-order valence-electron chi connectivity index (χ0n) is 13.5. The molecule has 3 N–H and O–H groups in total. The number of carbonyl (C=O) groups is 1. The molecule has 0 bridgehead atoms. The topological polar surface area (TPSA) is 101 Å². The molecule has 0 saturated carbocycles. The van der Waals surface area contributed by atoms with Gasteiger partial charge in [0.05, 0.1) is 0 Å². The summed E-state index contributed by atoms with van der Waals surface area (Å²) in [5, 5.41) is 7.36. The van der Waals surface area contributed by atoms with Crippen LogP contribution in [0.2, 0.25) is 0 Å². The predicted molar refractivity (Wildman–Crippen MR) is 92.1 cm³/mol. The van der Waals surface area contributed by atoms with E-state index in [1.54, 1.807) is 11.0 Å². The fourth-order valence-corrected chi connectivity index (χ4v) is 4.14. The fraction of sp³-hybridized carbons (Fsp3) is 0.167. The third-order valence-corrected chi connectivity index (χ3v) is 5.01. The van der Waals surface area contributed by atoms with Gasteiger partial charge in [0.25, 0.3) is 6.01 Å². The number of aromatic amines is 1. The molecule has 1 unspecified atom stereocenters. The monoisotopic (exact) mass is 333 g/mol. The van der Waals surface area contributed by atoms with Crippen LogP contribution in [0.3, 0.4) is 0 Å². The number of hydrogen-bond donors (Lipinski definition) is 2. The molecule has 0 fully saturated rings. The average Bonchev–Trinajstić information content (AvgIpc) is 3.29. The van der Waals surface area contributed by atoms with Crippen LogP contribution in [0.1, 0.15) is 22.5 Å². The third-order valence-electron chi connectivity index (χ3n) is 5.01. The summed E-state index contributed by atoms with van der Waals surface area (Å²) in [7, 11) is 0. The van der Waals surface area contributed by atoms with Gasteiger partial charge in [-0.05, 0) is 12.5 Å². The quantitative estimate of drug-likeness (QED) is 0.700. The van der Waals surface area contributed by atoms with E-state index in [0.29, 0.717) is 23.8 Å². The molecular formula is C18H15N5O2. The van der Waals surface area contributed by atoms with Gasteiger partial charge in [0, 0.05) is 23.4 Å². The van der Waals surface area contributed by atoms with Crippen LogP contribution in [0.4, 0.5) is 11.8 Å². The molecule has 7 nitrogen and oxygen atoms in total. The van der Waals surface area contributed by atoms with Gasteiger partial charge in [-0.2, -0.15) is 10.1 Å². The van der Waals surface area contributed by atoms with Crippen molar-refractivity contribution in [3.05, 3.63) is 59.4 Å². The number of carbonyl (C=O) groups excluding carboxylic acids is 1. The van der Waals surface area contributed by atoms with Crippen molar-refractivity contribution >= 4 is 17.7 Å². The van der Waals surface area contributed by atoms with Crippen LogP contribution >= 0.6 is 0 Å². The Balaban J connectivity index is 1.94. The van der Waals surface area contributed by atoms with Crippen molar-refractivity contribution in [1.82, 2.24) is 15.2 Å². The first-order valence-electron chi connectivity index (χ1n) is 7.95. The number of oxazole rings is 1. The lowest BCUT2D eigenvalue weighted by molar-refractivity contribution is -0.120. The van der Waals surface area contributed by atoms with Gasteiger partial charge in [-0.25, -0.2) is 0 Å². The minimum atomic E-state index is -1.08. The van der Waals surface area contributed by atoms with Crippen LogP contribution in [-0.4, -0.2) is 27.6 Å². The average molecular weight is 333 g/mol. The van der Waals surface area contributed by atoms with Crippen molar-refractivity contribution in [3.63, 3.8) is 0 Å². The number of nitrogens with one attached hydrogen (secondary N) is 1. The Labute approximate surface area is 143 Å². The first kappa shape index (κ1) is 14.0. The van der Waals surface area contributed by atoms with E-state index in [4.69, 9.17) is 10.2 Å². The molecule has 3 aromatic rings. The zero-order chi connectivity index (χ0) is 17.3. The van der Waals surface area contributed by atoms with Crippen LogP contribution in [0, 0.1) is 6.92 Å². The second-order valence-corrected chi connectivity index (χ2v) is 6.28. The van der Waals surface area contributed by atoms with Crippen LogP contribution in [0.25, 0.3) is 11.3 Å². The van der Waals surface area contributed by atoms with Gasteiger partial charge in [0.2, 0.25) is 5.91 Å². The van der Waals surface area contributed by atoms with Crippen molar-refractivity contribution in [2.45, 2.75) is 12.3 Å². The molecule has 3 heterocycles. The molecule has 2 aromatic heterocycles. The fourth-order valence-electron chi connectivity index (χ4n) is 4.14. The summed E-state index contributed by atoms with van der Waals surface area (Å²) in [5.41, 5.74) is 8.59. The number of H-pyrrole nitrogens is 1. The largest absolute Gasteiger partial charge is 0.423 e. The van der Waals surface area contributed by atoms with E-state index >= 15 is 0 Å². The van der Waals surface area contributed by atoms with Gasteiger partial charge in [-0.15, -0.1) is 6.58 Å². The van der Waals surface area contributed by atoms with Gasteiger partial charge < -0.3 is 10.2 Å². The number of nitrogens with zero attached hydrogens (tertiary/aromatic N) is 3. The number of nitrogens with two attached hydrogens (primary N) is 1. The first-order valence-corrected chi connectivity index (χ1v) is 7.95. The second-order valence-electron chi connectivity index (χ2n) is 6.28. The molecule has 1 spiro atoms. The van der Waals surface area contributed by atoms with Crippen molar-refractivity contribution in [2.75, 3.05) is 17.2 Å². The first-order chi connectivity index (χ1) is 12.1. The standard InChI is InChI=1S/C18H15N5O2/c1-3-8-23-15-12(9(2)21-22-15)18(16(23)24)11-7-5-4-6-10(11)13-14(18)20-17(19)25-13/h3-7H,1,8H2,2H3,(H2,19,20)(H,21,22). The Bertz CT molecular complexity index is 1060. The van der Waals surface area contributed by atoms with E-state index in [0.717, 1.165) is 22.4 Å². The summed E-state index contributed by atoms with van der Waals surface area (Å²) in [4.78, 5) is 19.7. The van der Waals surface area contributed by atoms with Gasteiger partial charge >= 0.3 is 0 Å². The van der Waals surface area contributed by atoms with E-state index in [-0.39, 0.29) is 11.9 Å². The molecule has 7 heteroatoms. The minimum Gasteiger partial charge on any atom is -0.423 e. The van der Waals surface area contributed by atoms with Crippen molar-refractivity contribution < 1.29 is 9.21 Å². The number of nitrogen functional groups attached to an aromatic ring is 1. The van der Waals surface area contributed by atoms with Crippen LogP contribution < -0.4 is 10.6 Å². The van der Waals surface area contributed by atoms with Gasteiger partial charge in [0.15, 0.2) is 17.0 Å². The lowest BCUT2D eigenvalue weighted by Crippen LogP contribution is -2.42. The Hall–Kier alpha value is -3.35. The number of rotatable bonds is 2. The van der Waals surface area contributed by atoms with Crippen molar-refractivity contribution in [3.8, 4) is 11.3 Å². The molecule has 1 aliphatic heterocycles. The molecule has 1 atom stereocenters. The summed E-state index contributed by atoms with van der Waals surface area (Å²) in [6, 6.07) is 7.73. The molecular weight excluding hydrogens is 318 g/mol. The van der Waals surface area contributed by atoms with E-state index in [1.165, 1.54) is 0 Å². The van der Waals surface area contributed by atoms with Gasteiger partial charge in [-0.1, -0.05) is 30.3 Å². The summed E-state index contributed by atoms with van der Waals surface area (Å²) < 4.78 is 5.66. The highest BCUT2D eigenvalue weighted by Crippen LogP contribution is 2.58. The Kier molecular flexibility index (Phi) is 2.46. The molecule has 2 aliphatic rings. The number of amides is 1. The molecule has 0 saturated heterocycles. The SMILES string of the molecule is C=CCN1C(=O)C2(c3ccccc3-c3oc(N)nc32)c2c1n[nH]c2C. The third kappa shape index (κ3) is 1.40. The lowest BCUT2D eigenvalue weighted by atomic mass is 9.75. The number of hydrogen-bond acceptors (Lipinski definition) is 5. The highest BCUT2D eigenvalue weighted by molar-refractivity contribution is 6.15. The minimum absolute atomic E-state index is 0.0524. The molecule has 1 aliphatic carbocycles. The van der Waals surface area contributed by atoms with Crippen molar-refractivity contribution in [1.29, 1.82) is 0 Å². The molecule has 124 valence electrons. The maximum absolute atomic E-state index is 13.6. The maximum Gasteiger partial charge on any atom is 0.292 e.